The largest absolute Gasteiger partial charge is 0.391 e. The van der Waals surface area contributed by atoms with Crippen LogP contribution >= 0.6 is 0 Å². The van der Waals surface area contributed by atoms with E-state index in [1.54, 1.807) is 0 Å². The molecule has 3 atom stereocenters. The normalized spacial score (nSPS) is 14.1. The van der Waals surface area contributed by atoms with E-state index >= 15 is 0 Å². The summed E-state index contributed by atoms with van der Waals surface area (Å²) in [5.74, 6) is -1.32. The van der Waals surface area contributed by atoms with Gasteiger partial charge in [0.05, 0.1) is 6.10 Å². The first-order valence-corrected chi connectivity index (χ1v) is 7.15. The van der Waals surface area contributed by atoms with Gasteiger partial charge in [-0.15, -0.1) is 0 Å². The first-order chi connectivity index (χ1) is 10.4. The van der Waals surface area contributed by atoms with Crippen LogP contribution < -0.4 is 16.5 Å². The van der Waals surface area contributed by atoms with Crippen LogP contribution in [0, 0.1) is 0 Å². The molecule has 0 heterocycles. The molecule has 0 spiro atoms. The number of hydroxylamine groups is 1. The first kappa shape index (κ1) is 21.0. The molecule has 1 aromatic rings. The fraction of sp³-hybridized carbons (Fsp3) is 0.500. The molecule has 6 N–H and O–H groups in total. The number of aliphatic hydroxyl groups is 1. The van der Waals surface area contributed by atoms with Crippen molar-refractivity contribution >= 4 is 11.8 Å². The summed E-state index contributed by atoms with van der Waals surface area (Å²) in [6.07, 6.45) is 0.293. The molecule has 0 aliphatic carbocycles. The van der Waals surface area contributed by atoms with E-state index in [9.17, 15) is 14.7 Å². The number of carbonyl (C=O) groups excluding carboxylic acids is 2. The molecule has 0 bridgehead atoms. The molecule has 130 valence electrons. The number of amides is 2. The van der Waals surface area contributed by atoms with E-state index < -0.39 is 24.0 Å². The lowest BCUT2D eigenvalue weighted by Crippen LogP contribution is -2.52. The summed E-state index contributed by atoms with van der Waals surface area (Å²) in [4.78, 5) is 23.2. The summed E-state index contributed by atoms with van der Waals surface area (Å²) in [5, 5.41) is 20.4. The van der Waals surface area contributed by atoms with E-state index in [0.717, 1.165) is 12.0 Å². The van der Waals surface area contributed by atoms with Crippen LogP contribution in [0.4, 0.5) is 0 Å². The van der Waals surface area contributed by atoms with Gasteiger partial charge in [0.25, 0.3) is 5.91 Å². The molecule has 0 fully saturated rings. The van der Waals surface area contributed by atoms with Gasteiger partial charge < -0.3 is 16.2 Å². The second-order valence-corrected chi connectivity index (χ2v) is 5.25. The van der Waals surface area contributed by atoms with Crippen LogP contribution in [0.2, 0.25) is 0 Å². The number of hydrogen-bond donors (Lipinski definition) is 5. The van der Waals surface area contributed by atoms with Crippen molar-refractivity contribution in [2.45, 2.75) is 51.8 Å². The highest BCUT2D eigenvalue weighted by molar-refractivity contribution is 5.87. The molecule has 23 heavy (non-hydrogen) atoms. The van der Waals surface area contributed by atoms with Gasteiger partial charge in [0.2, 0.25) is 5.91 Å². The molecule has 7 nitrogen and oxygen atoms in total. The molecule has 0 radical (unpaired) electrons. The third-order valence-corrected chi connectivity index (χ3v) is 3.29. The molecule has 0 saturated carbocycles. The zero-order valence-corrected chi connectivity index (χ0v) is 12.5. The zero-order valence-electron chi connectivity index (χ0n) is 12.5. The highest BCUT2D eigenvalue weighted by Crippen LogP contribution is 2.06. The van der Waals surface area contributed by atoms with Crippen LogP contribution in [0.3, 0.4) is 0 Å². The Kier molecular flexibility index (Phi) is 9.80. The monoisotopic (exact) mass is 325 g/mol. The Labute approximate surface area is 136 Å². The maximum atomic E-state index is 11.8. The van der Waals surface area contributed by atoms with E-state index in [1.165, 1.54) is 12.4 Å². The lowest BCUT2D eigenvalue weighted by molar-refractivity contribution is -0.137. The molecule has 1 rings (SSSR count). The highest BCUT2D eigenvalue weighted by Gasteiger charge is 2.25. The van der Waals surface area contributed by atoms with Gasteiger partial charge >= 0.3 is 0 Å². The predicted octanol–water partition coefficient (Wildman–Crippen LogP) is 0.344. The van der Waals surface area contributed by atoms with Crippen LogP contribution in [0.5, 0.6) is 0 Å². The van der Waals surface area contributed by atoms with Gasteiger partial charge in [-0.3, -0.25) is 14.8 Å². The molecule has 0 aliphatic rings. The number of aliphatic hydroxyl groups excluding tert-OH is 1. The molecular weight excluding hydrogens is 298 g/mol. The van der Waals surface area contributed by atoms with Crippen molar-refractivity contribution in [3.8, 4) is 0 Å². The van der Waals surface area contributed by atoms with Gasteiger partial charge in [0, 0.05) is 12.5 Å². The summed E-state index contributed by atoms with van der Waals surface area (Å²) in [5.41, 5.74) is 8.46. The number of carbonyl (C=O) groups is 2. The fourth-order valence-corrected chi connectivity index (χ4v) is 2.04. The van der Waals surface area contributed by atoms with Crippen LogP contribution in [0.25, 0.3) is 0 Å². The molecule has 0 aromatic heterocycles. The highest BCUT2D eigenvalue weighted by atomic mass is 16.5. The SMILES string of the molecule is C.C[C@@H](O)[C@H](NC(=O)C[C@H](N)CCc1ccccc1)C(=O)NO. The maximum Gasteiger partial charge on any atom is 0.268 e. The van der Waals surface area contributed by atoms with Gasteiger partial charge in [-0.2, -0.15) is 0 Å². The van der Waals surface area contributed by atoms with Crippen LogP contribution in [-0.4, -0.2) is 40.3 Å². The Balaban J connectivity index is 0.00000484. The van der Waals surface area contributed by atoms with E-state index in [2.05, 4.69) is 5.32 Å². The number of benzene rings is 1. The smallest absolute Gasteiger partial charge is 0.268 e. The minimum atomic E-state index is -1.21. The molecule has 0 aliphatic heterocycles. The second-order valence-electron chi connectivity index (χ2n) is 5.25. The van der Waals surface area contributed by atoms with Crippen molar-refractivity contribution < 1.29 is 19.9 Å². The van der Waals surface area contributed by atoms with Gasteiger partial charge in [-0.1, -0.05) is 37.8 Å². The van der Waals surface area contributed by atoms with E-state index in [4.69, 9.17) is 10.9 Å². The van der Waals surface area contributed by atoms with Crippen molar-refractivity contribution in [2.75, 3.05) is 0 Å². The quantitative estimate of drug-likeness (QED) is 0.348. The first-order valence-electron chi connectivity index (χ1n) is 7.15. The van der Waals surface area contributed by atoms with Crippen LogP contribution in [0.1, 0.15) is 32.8 Å². The average Bonchev–Trinajstić information content (AvgIpc) is 2.50. The zero-order chi connectivity index (χ0) is 16.5. The molecule has 2 amide bonds. The van der Waals surface area contributed by atoms with Crippen molar-refractivity contribution in [2.24, 2.45) is 5.73 Å². The summed E-state index contributed by atoms with van der Waals surface area (Å²) in [6, 6.07) is 8.22. The van der Waals surface area contributed by atoms with Crippen molar-refractivity contribution in [1.82, 2.24) is 10.8 Å². The van der Waals surface area contributed by atoms with Gasteiger partial charge in [0.1, 0.15) is 6.04 Å². The number of nitrogens with two attached hydrogens (primary N) is 1. The molecular formula is C16H27N3O4. The Morgan fingerprint density at radius 2 is 1.87 bits per heavy atom. The van der Waals surface area contributed by atoms with Gasteiger partial charge in [-0.05, 0) is 25.3 Å². The van der Waals surface area contributed by atoms with E-state index in [-0.39, 0.29) is 19.9 Å². The number of nitrogens with one attached hydrogen (secondary N) is 2. The number of hydrogen-bond acceptors (Lipinski definition) is 5. The maximum absolute atomic E-state index is 11.8. The number of rotatable bonds is 8. The second kappa shape index (κ2) is 10.7. The summed E-state index contributed by atoms with van der Waals surface area (Å²) >= 11 is 0. The van der Waals surface area contributed by atoms with Crippen molar-refractivity contribution in [3.63, 3.8) is 0 Å². The molecule has 0 unspecified atom stereocenters. The fourth-order valence-electron chi connectivity index (χ4n) is 2.04. The van der Waals surface area contributed by atoms with Gasteiger partial charge in [0.15, 0.2) is 0 Å². The Bertz CT molecular complexity index is 479. The lowest BCUT2D eigenvalue weighted by atomic mass is 10.0. The minimum Gasteiger partial charge on any atom is -0.391 e. The summed E-state index contributed by atoms with van der Waals surface area (Å²) in [6.45, 7) is 1.34. The predicted molar refractivity (Wildman–Crippen MR) is 87.6 cm³/mol. The van der Waals surface area contributed by atoms with Crippen LogP contribution in [0.15, 0.2) is 30.3 Å². The third kappa shape index (κ3) is 7.73. The standard InChI is InChI=1S/C15H23N3O4.CH4/c1-10(19)14(15(21)18-22)17-13(20)9-12(16)8-7-11-5-3-2-4-6-11;/h2-6,10,12,14,19,22H,7-9,16H2,1H3,(H,17,20)(H,18,21);1H4/t10-,12-,14+;/m1./s1. The topological polar surface area (TPSA) is 125 Å². The van der Waals surface area contributed by atoms with Gasteiger partial charge in [-0.25, -0.2) is 5.48 Å². The molecule has 7 heteroatoms. The minimum absolute atomic E-state index is 0. The van der Waals surface area contributed by atoms with E-state index in [1.807, 2.05) is 30.3 Å². The average molecular weight is 325 g/mol. The lowest BCUT2D eigenvalue weighted by Gasteiger charge is -2.20. The Morgan fingerprint density at radius 3 is 2.39 bits per heavy atom. The summed E-state index contributed by atoms with van der Waals surface area (Å²) in [7, 11) is 0. The molecule has 0 saturated heterocycles. The number of aryl methyl sites for hydroxylation is 1. The van der Waals surface area contributed by atoms with Crippen LogP contribution in [-0.2, 0) is 16.0 Å². The summed E-state index contributed by atoms with van der Waals surface area (Å²) < 4.78 is 0. The Morgan fingerprint density at radius 1 is 1.26 bits per heavy atom. The van der Waals surface area contributed by atoms with Crippen molar-refractivity contribution in [3.05, 3.63) is 35.9 Å². The van der Waals surface area contributed by atoms with E-state index in [0.29, 0.717) is 6.42 Å². The Hall–Kier alpha value is -1.96. The molecule has 1 aromatic carbocycles. The third-order valence-electron chi connectivity index (χ3n) is 3.29. The van der Waals surface area contributed by atoms with Crippen molar-refractivity contribution in [1.29, 1.82) is 0 Å².